The molecule has 2 heterocycles. The number of benzene rings is 1. The highest BCUT2D eigenvalue weighted by Gasteiger charge is 2.36. The molecule has 1 aromatic carbocycles. The minimum atomic E-state index is -4.57. The normalized spacial score (nSPS) is 17.1. The van der Waals surface area contributed by atoms with Crippen LogP contribution in [0.25, 0.3) is 0 Å². The lowest BCUT2D eigenvalue weighted by molar-refractivity contribution is -0.137. The molecular formula is C27H40F3N7O2. The van der Waals surface area contributed by atoms with Crippen molar-refractivity contribution >= 4 is 23.4 Å². The number of alkyl halides is 3. The van der Waals surface area contributed by atoms with Crippen LogP contribution in [0.1, 0.15) is 67.8 Å². The molecular weight excluding hydrogens is 511 g/mol. The number of carbonyl (C=O) groups is 1. The van der Waals surface area contributed by atoms with E-state index < -0.39 is 11.7 Å². The summed E-state index contributed by atoms with van der Waals surface area (Å²) in [5.41, 5.74) is 4.49. The number of hydrogen-bond acceptors (Lipinski definition) is 8. The Balaban J connectivity index is 0.00000205. The third-order valence-electron chi connectivity index (χ3n) is 7.12. The second-order valence-corrected chi connectivity index (χ2v) is 9.65. The van der Waals surface area contributed by atoms with Crippen LogP contribution >= 0.6 is 0 Å². The maximum Gasteiger partial charge on any atom is 0.421 e. The fourth-order valence-electron chi connectivity index (χ4n) is 4.92. The quantitative estimate of drug-likeness (QED) is 0.370. The van der Waals surface area contributed by atoms with E-state index in [0.29, 0.717) is 17.0 Å². The van der Waals surface area contributed by atoms with Gasteiger partial charge in [0, 0.05) is 36.9 Å². The van der Waals surface area contributed by atoms with E-state index in [4.69, 9.17) is 4.74 Å². The minimum absolute atomic E-state index is 0.00416. The molecule has 0 spiro atoms. The van der Waals surface area contributed by atoms with Gasteiger partial charge in [0.25, 0.3) is 5.91 Å². The van der Waals surface area contributed by atoms with E-state index >= 15 is 0 Å². The van der Waals surface area contributed by atoms with E-state index in [1.807, 2.05) is 0 Å². The summed E-state index contributed by atoms with van der Waals surface area (Å²) >= 11 is 0. The predicted molar refractivity (Wildman–Crippen MR) is 147 cm³/mol. The molecule has 1 amide bonds. The van der Waals surface area contributed by atoms with Gasteiger partial charge in [0.05, 0.1) is 12.8 Å². The Morgan fingerprint density at radius 2 is 1.79 bits per heavy atom. The fraction of sp³-hybridized carbons (Fsp3) is 0.593. The zero-order valence-electron chi connectivity index (χ0n) is 22.9. The van der Waals surface area contributed by atoms with Crippen LogP contribution in [0.3, 0.4) is 0 Å². The Morgan fingerprint density at radius 3 is 2.41 bits per heavy atom. The van der Waals surface area contributed by atoms with Gasteiger partial charge in [-0.15, -0.1) is 0 Å². The third kappa shape index (κ3) is 8.43. The average Bonchev–Trinajstić information content (AvgIpc) is 2.95. The number of aromatic nitrogens is 2. The molecule has 2 aliphatic rings. The van der Waals surface area contributed by atoms with Gasteiger partial charge in [-0.2, -0.15) is 18.2 Å². The maximum atomic E-state index is 13.6. The molecule has 1 aliphatic heterocycles. The second kappa shape index (κ2) is 14.3. The summed E-state index contributed by atoms with van der Waals surface area (Å²) in [6.45, 7) is 5.05. The van der Waals surface area contributed by atoms with Gasteiger partial charge >= 0.3 is 6.18 Å². The fourth-order valence-corrected chi connectivity index (χ4v) is 4.92. The van der Waals surface area contributed by atoms with Crippen LogP contribution in [0.5, 0.6) is 5.75 Å². The molecule has 0 unspecified atom stereocenters. The number of halogens is 3. The lowest BCUT2D eigenvalue weighted by Crippen LogP contribution is -2.44. The Bertz CT molecular complexity index is 1070. The van der Waals surface area contributed by atoms with Crippen LogP contribution in [0.2, 0.25) is 0 Å². The minimum Gasteiger partial charge on any atom is -0.495 e. The van der Waals surface area contributed by atoms with Crippen molar-refractivity contribution in [3.63, 3.8) is 0 Å². The van der Waals surface area contributed by atoms with Crippen LogP contribution in [0.4, 0.5) is 30.6 Å². The van der Waals surface area contributed by atoms with Crippen molar-refractivity contribution in [3.8, 4) is 5.75 Å². The average molecular weight is 552 g/mol. The molecule has 1 aromatic heterocycles. The monoisotopic (exact) mass is 551 g/mol. The van der Waals surface area contributed by atoms with Crippen molar-refractivity contribution in [2.75, 3.05) is 44.4 Å². The van der Waals surface area contributed by atoms with Gasteiger partial charge in [-0.25, -0.2) is 4.98 Å². The number of piperidine rings is 1. The number of nitrogens with two attached hydrogens (primary N) is 1. The van der Waals surface area contributed by atoms with Gasteiger partial charge in [-0.3, -0.25) is 4.79 Å². The SMILES string of the molecule is CCN1CCC(NC(=O)c2ccc(Nc3ncc(C(F)(F)F)c(NC4CCCCC4)n3)c(OC)c2)CC1.CN. The van der Waals surface area contributed by atoms with Crippen molar-refractivity contribution in [2.45, 2.75) is 70.1 Å². The second-order valence-electron chi connectivity index (χ2n) is 9.65. The van der Waals surface area contributed by atoms with Crippen molar-refractivity contribution in [3.05, 3.63) is 35.5 Å². The summed E-state index contributed by atoms with van der Waals surface area (Å²) in [6, 6.07) is 4.95. The Morgan fingerprint density at radius 1 is 1.10 bits per heavy atom. The van der Waals surface area contributed by atoms with E-state index in [1.54, 1.807) is 18.2 Å². The van der Waals surface area contributed by atoms with Crippen LogP contribution < -0.4 is 26.4 Å². The standard InChI is InChI=1S/C26H35F3N6O2.CH5N/c1-3-35-13-11-19(12-14-35)32-24(36)17-9-10-21(22(15-17)37-2)33-25-30-16-20(26(27,28)29)23(34-25)31-18-7-5-4-6-8-18;1-2/h9-10,15-16,18-19H,3-8,11-14H2,1-2H3,(H,32,36)(H2,30,31,33,34);2H2,1H3. The number of nitrogens with zero attached hydrogens (tertiary/aromatic N) is 3. The largest absolute Gasteiger partial charge is 0.495 e. The number of carbonyl (C=O) groups excluding carboxylic acids is 1. The number of rotatable bonds is 8. The van der Waals surface area contributed by atoms with Crippen LogP contribution in [0.15, 0.2) is 24.4 Å². The summed E-state index contributed by atoms with van der Waals surface area (Å²) in [7, 11) is 2.96. The number of methoxy groups -OCH3 is 1. The zero-order chi connectivity index (χ0) is 28.4. The number of hydrogen-bond donors (Lipinski definition) is 4. The van der Waals surface area contributed by atoms with Crippen molar-refractivity contribution in [1.82, 2.24) is 20.2 Å². The van der Waals surface area contributed by atoms with Gasteiger partial charge in [0.1, 0.15) is 17.1 Å². The number of anilines is 3. The summed E-state index contributed by atoms with van der Waals surface area (Å²) in [5, 5.41) is 9.01. The summed E-state index contributed by atoms with van der Waals surface area (Å²) in [4.78, 5) is 23.2. The van der Waals surface area contributed by atoms with E-state index in [1.165, 1.54) is 14.2 Å². The summed E-state index contributed by atoms with van der Waals surface area (Å²) in [5.74, 6) is -0.0613. The van der Waals surface area contributed by atoms with E-state index in [2.05, 4.69) is 43.5 Å². The van der Waals surface area contributed by atoms with Gasteiger partial charge < -0.3 is 31.3 Å². The lowest BCUT2D eigenvalue weighted by Gasteiger charge is -2.31. The number of likely N-dealkylation sites (tertiary alicyclic amines) is 1. The summed E-state index contributed by atoms with van der Waals surface area (Å²) < 4.78 is 46.3. The first kappa shape index (κ1) is 30.4. The lowest BCUT2D eigenvalue weighted by atomic mass is 9.95. The molecule has 1 aliphatic carbocycles. The molecule has 5 N–H and O–H groups in total. The number of ether oxygens (including phenoxy) is 1. The Hall–Kier alpha value is -3.12. The first-order valence-corrected chi connectivity index (χ1v) is 13.5. The molecule has 2 fully saturated rings. The topological polar surface area (TPSA) is 117 Å². The van der Waals surface area contributed by atoms with Gasteiger partial charge in [-0.1, -0.05) is 26.2 Å². The first-order valence-electron chi connectivity index (χ1n) is 13.5. The molecule has 1 saturated heterocycles. The molecule has 0 bridgehead atoms. The third-order valence-corrected chi connectivity index (χ3v) is 7.12. The highest BCUT2D eigenvalue weighted by Crippen LogP contribution is 2.36. The molecule has 0 atom stereocenters. The van der Waals surface area contributed by atoms with Crippen molar-refractivity contribution < 1.29 is 22.7 Å². The molecule has 216 valence electrons. The van der Waals surface area contributed by atoms with E-state index in [9.17, 15) is 18.0 Å². The van der Waals surface area contributed by atoms with E-state index in [-0.39, 0.29) is 29.8 Å². The Kier molecular flexibility index (Phi) is 11.2. The summed E-state index contributed by atoms with van der Waals surface area (Å²) in [6.07, 6.45) is 2.67. The number of nitrogens with one attached hydrogen (secondary N) is 3. The van der Waals surface area contributed by atoms with Gasteiger partial charge in [-0.05, 0) is 57.5 Å². The smallest absolute Gasteiger partial charge is 0.421 e. The molecule has 0 radical (unpaired) electrons. The molecule has 39 heavy (non-hydrogen) atoms. The highest BCUT2D eigenvalue weighted by molar-refractivity contribution is 5.95. The number of amides is 1. The molecule has 9 nitrogen and oxygen atoms in total. The van der Waals surface area contributed by atoms with E-state index in [0.717, 1.165) is 70.8 Å². The molecule has 4 rings (SSSR count). The molecule has 1 saturated carbocycles. The molecule has 12 heteroatoms. The zero-order valence-corrected chi connectivity index (χ0v) is 22.9. The molecule has 2 aromatic rings. The van der Waals surface area contributed by atoms with Gasteiger partial charge in [0.15, 0.2) is 0 Å². The van der Waals surface area contributed by atoms with Crippen LogP contribution in [-0.4, -0.2) is 66.7 Å². The highest BCUT2D eigenvalue weighted by atomic mass is 19.4. The van der Waals surface area contributed by atoms with Crippen molar-refractivity contribution in [2.24, 2.45) is 5.73 Å². The van der Waals surface area contributed by atoms with Gasteiger partial charge in [0.2, 0.25) is 5.95 Å². The first-order chi connectivity index (χ1) is 18.8. The van der Waals surface area contributed by atoms with Crippen LogP contribution in [0, 0.1) is 0 Å². The Labute approximate surface area is 228 Å². The van der Waals surface area contributed by atoms with Crippen LogP contribution in [-0.2, 0) is 6.18 Å². The predicted octanol–water partition coefficient (Wildman–Crippen LogP) is 4.78. The van der Waals surface area contributed by atoms with Crippen molar-refractivity contribution in [1.29, 1.82) is 0 Å². The maximum absolute atomic E-state index is 13.6.